The van der Waals surface area contributed by atoms with Crippen LogP contribution in [-0.2, 0) is 14.3 Å². The van der Waals surface area contributed by atoms with Crippen molar-refractivity contribution in [3.63, 3.8) is 0 Å². The Balaban J connectivity index is 1.43. The standard InChI is InChI=1S/C23H33N5O5/c1-14-10-18(29)27(12-14)13-16(24-22(31)32-23(2,3)4)11-19(30)28-9-5-6-17(28)21-25-20(26-33-21)15-7-8-15/h10,15-17H,5-9,11-13H2,1-4H3,(H,24,31)/t16-,17-/m0/s1. The second-order valence-electron chi connectivity index (χ2n) is 10.3. The third kappa shape index (κ3) is 5.91. The lowest BCUT2D eigenvalue weighted by atomic mass is 10.1. The molecule has 3 amide bonds. The first kappa shape index (κ1) is 23.3. The van der Waals surface area contributed by atoms with Crippen molar-refractivity contribution in [1.82, 2.24) is 25.3 Å². The van der Waals surface area contributed by atoms with Crippen molar-refractivity contribution in [2.75, 3.05) is 19.6 Å². The highest BCUT2D eigenvalue weighted by Gasteiger charge is 2.37. The van der Waals surface area contributed by atoms with E-state index in [9.17, 15) is 14.4 Å². The Hall–Kier alpha value is -2.91. The van der Waals surface area contributed by atoms with Crippen LogP contribution in [0.2, 0.25) is 0 Å². The molecule has 0 unspecified atom stereocenters. The Morgan fingerprint density at radius 2 is 2.06 bits per heavy atom. The van der Waals surface area contributed by atoms with Crippen LogP contribution in [0.5, 0.6) is 0 Å². The number of nitrogens with zero attached hydrogens (tertiary/aromatic N) is 4. The highest BCUT2D eigenvalue weighted by molar-refractivity contribution is 5.91. The van der Waals surface area contributed by atoms with E-state index in [1.54, 1.807) is 36.6 Å². The molecule has 1 aliphatic carbocycles. The maximum absolute atomic E-state index is 13.3. The maximum Gasteiger partial charge on any atom is 0.407 e. The fourth-order valence-corrected chi connectivity index (χ4v) is 4.32. The molecular weight excluding hydrogens is 426 g/mol. The Bertz CT molecular complexity index is 945. The smallest absolute Gasteiger partial charge is 0.407 e. The number of ether oxygens (including phenoxy) is 1. The fourth-order valence-electron chi connectivity index (χ4n) is 4.32. The van der Waals surface area contributed by atoms with Crippen molar-refractivity contribution in [1.29, 1.82) is 0 Å². The number of hydrogen-bond donors (Lipinski definition) is 1. The van der Waals surface area contributed by atoms with Crippen molar-refractivity contribution in [2.24, 2.45) is 0 Å². The first-order valence-corrected chi connectivity index (χ1v) is 11.7. The van der Waals surface area contributed by atoms with Gasteiger partial charge in [-0.3, -0.25) is 9.59 Å². The van der Waals surface area contributed by atoms with Crippen molar-refractivity contribution < 1.29 is 23.6 Å². The maximum atomic E-state index is 13.3. The number of nitrogens with one attached hydrogen (secondary N) is 1. The Kier molecular flexibility index (Phi) is 6.45. The van der Waals surface area contributed by atoms with E-state index in [4.69, 9.17) is 9.26 Å². The summed E-state index contributed by atoms with van der Waals surface area (Å²) in [7, 11) is 0. The van der Waals surface area contributed by atoms with Gasteiger partial charge in [0.1, 0.15) is 11.6 Å². The lowest BCUT2D eigenvalue weighted by molar-refractivity contribution is -0.134. The lowest BCUT2D eigenvalue weighted by Crippen LogP contribution is -2.48. The summed E-state index contributed by atoms with van der Waals surface area (Å²) < 4.78 is 10.9. The Morgan fingerprint density at radius 1 is 1.30 bits per heavy atom. The quantitative estimate of drug-likeness (QED) is 0.666. The van der Waals surface area contributed by atoms with Crippen molar-refractivity contribution in [3.8, 4) is 0 Å². The van der Waals surface area contributed by atoms with Gasteiger partial charge in [-0.15, -0.1) is 0 Å². The number of likely N-dealkylation sites (tertiary alicyclic amines) is 1. The molecule has 1 aromatic rings. The number of hydrogen-bond acceptors (Lipinski definition) is 7. The van der Waals surface area contributed by atoms with Gasteiger partial charge in [0.05, 0.1) is 6.04 Å². The van der Waals surface area contributed by atoms with Crippen molar-refractivity contribution in [2.45, 2.75) is 83.4 Å². The largest absolute Gasteiger partial charge is 0.444 e. The van der Waals surface area contributed by atoms with E-state index in [1.165, 1.54) is 0 Å². The zero-order valence-corrected chi connectivity index (χ0v) is 19.8. The Morgan fingerprint density at radius 3 is 2.70 bits per heavy atom. The van der Waals surface area contributed by atoms with Gasteiger partial charge in [-0.1, -0.05) is 5.16 Å². The topological polar surface area (TPSA) is 118 Å². The molecular formula is C23H33N5O5. The molecule has 0 spiro atoms. The number of carbonyl (C=O) groups is 3. The van der Waals surface area contributed by atoms with Crippen molar-refractivity contribution in [3.05, 3.63) is 23.4 Å². The summed E-state index contributed by atoms with van der Waals surface area (Å²) in [6, 6.07) is -0.835. The second kappa shape index (κ2) is 9.15. The minimum absolute atomic E-state index is 0.0438. The zero-order chi connectivity index (χ0) is 23.8. The van der Waals surface area contributed by atoms with Gasteiger partial charge in [0.2, 0.25) is 17.7 Å². The highest BCUT2D eigenvalue weighted by atomic mass is 16.6. The van der Waals surface area contributed by atoms with Gasteiger partial charge in [0.15, 0.2) is 5.82 Å². The molecule has 1 aromatic heterocycles. The summed E-state index contributed by atoms with van der Waals surface area (Å²) in [5.41, 5.74) is 0.280. The van der Waals surface area contributed by atoms with Crippen LogP contribution >= 0.6 is 0 Å². The van der Waals surface area contributed by atoms with Gasteiger partial charge in [-0.2, -0.15) is 4.98 Å². The van der Waals surface area contributed by atoms with E-state index in [0.29, 0.717) is 24.9 Å². The first-order valence-electron chi connectivity index (χ1n) is 11.7. The van der Waals surface area contributed by atoms with E-state index >= 15 is 0 Å². The van der Waals surface area contributed by atoms with E-state index in [2.05, 4.69) is 15.5 Å². The molecule has 2 fully saturated rings. The van der Waals surface area contributed by atoms with Crippen molar-refractivity contribution >= 4 is 17.9 Å². The predicted molar refractivity (Wildman–Crippen MR) is 118 cm³/mol. The molecule has 33 heavy (non-hydrogen) atoms. The number of alkyl carbamates (subject to hydrolysis) is 1. The molecule has 10 heteroatoms. The minimum Gasteiger partial charge on any atom is -0.444 e. The molecule has 1 N–H and O–H groups in total. The van der Waals surface area contributed by atoms with Crippen LogP contribution in [0.1, 0.15) is 83.5 Å². The zero-order valence-electron chi connectivity index (χ0n) is 19.8. The van der Waals surface area contributed by atoms with Gasteiger partial charge in [0.25, 0.3) is 0 Å². The van der Waals surface area contributed by atoms with Gasteiger partial charge in [-0.05, 0) is 59.0 Å². The number of carbonyl (C=O) groups excluding carboxylic acids is 3. The SMILES string of the molecule is CC1=CC(=O)N(C[C@H](CC(=O)N2CCC[C@H]2c2nc(C3CC3)no2)NC(=O)OC(C)(C)C)C1. The summed E-state index contributed by atoms with van der Waals surface area (Å²) in [6.07, 6.45) is 4.77. The summed E-state index contributed by atoms with van der Waals surface area (Å²) in [5, 5.41) is 6.88. The summed E-state index contributed by atoms with van der Waals surface area (Å²) in [4.78, 5) is 45.9. The minimum atomic E-state index is -0.669. The lowest BCUT2D eigenvalue weighted by Gasteiger charge is -2.29. The number of rotatable bonds is 7. The molecule has 3 aliphatic rings. The molecule has 0 radical (unpaired) electrons. The van der Waals surface area contributed by atoms with E-state index in [0.717, 1.165) is 37.1 Å². The summed E-state index contributed by atoms with van der Waals surface area (Å²) >= 11 is 0. The molecule has 180 valence electrons. The normalized spacial score (nSPS) is 21.9. The third-order valence-electron chi connectivity index (χ3n) is 5.96. The molecule has 4 rings (SSSR count). The first-order chi connectivity index (χ1) is 15.6. The molecule has 2 atom stereocenters. The van der Waals surface area contributed by atoms with Gasteiger partial charge < -0.3 is 24.4 Å². The molecule has 2 aliphatic heterocycles. The molecule has 0 bridgehead atoms. The predicted octanol–water partition coefficient (Wildman–Crippen LogP) is 2.68. The van der Waals surface area contributed by atoms with Crippen LogP contribution in [-0.4, -0.2) is 69.1 Å². The van der Waals surface area contributed by atoms with E-state index in [-0.39, 0.29) is 30.8 Å². The average Bonchev–Trinajstić information content (AvgIpc) is 3.09. The number of aromatic nitrogens is 2. The van der Waals surface area contributed by atoms with E-state index < -0.39 is 17.7 Å². The monoisotopic (exact) mass is 459 g/mol. The van der Waals surface area contributed by atoms with Gasteiger partial charge in [-0.25, -0.2) is 4.79 Å². The van der Waals surface area contributed by atoms with Crippen LogP contribution in [0.3, 0.4) is 0 Å². The highest BCUT2D eigenvalue weighted by Crippen LogP contribution is 2.40. The summed E-state index contributed by atoms with van der Waals surface area (Å²) in [6.45, 7) is 8.51. The molecule has 0 aromatic carbocycles. The Labute approximate surface area is 193 Å². The van der Waals surface area contributed by atoms with Crippen LogP contribution in [0.15, 0.2) is 16.2 Å². The number of amides is 3. The average molecular weight is 460 g/mol. The fraction of sp³-hybridized carbons (Fsp3) is 0.696. The second-order valence-corrected chi connectivity index (χ2v) is 10.3. The van der Waals surface area contributed by atoms with Gasteiger partial charge in [0, 0.05) is 38.0 Å². The van der Waals surface area contributed by atoms with Crippen LogP contribution in [0, 0.1) is 0 Å². The molecule has 3 heterocycles. The third-order valence-corrected chi connectivity index (χ3v) is 5.96. The molecule has 1 saturated carbocycles. The molecule has 1 saturated heterocycles. The van der Waals surface area contributed by atoms with Crippen LogP contribution in [0.25, 0.3) is 0 Å². The molecule has 10 nitrogen and oxygen atoms in total. The van der Waals surface area contributed by atoms with Crippen LogP contribution < -0.4 is 5.32 Å². The van der Waals surface area contributed by atoms with E-state index in [1.807, 2.05) is 6.92 Å². The summed E-state index contributed by atoms with van der Waals surface area (Å²) in [5.74, 6) is 1.35. The van der Waals surface area contributed by atoms with Crippen LogP contribution in [0.4, 0.5) is 4.79 Å². The van der Waals surface area contributed by atoms with Gasteiger partial charge >= 0.3 is 6.09 Å².